The number of thioether (sulfide) groups is 1. The smallest absolute Gasteiger partial charge is 0.249 e. The number of benzene rings is 1. The molecule has 7 heteroatoms. The lowest BCUT2D eigenvalue weighted by Crippen LogP contribution is -2.48. The first-order valence-corrected chi connectivity index (χ1v) is 11.0. The summed E-state index contributed by atoms with van der Waals surface area (Å²) in [5.41, 5.74) is 5.60. The molecule has 4 rings (SSSR count). The topological polar surface area (TPSA) is 62.3 Å². The van der Waals surface area contributed by atoms with Crippen molar-refractivity contribution in [1.82, 2.24) is 9.88 Å². The van der Waals surface area contributed by atoms with Gasteiger partial charge in [-0.3, -0.25) is 9.59 Å². The number of thiazole rings is 1. The van der Waals surface area contributed by atoms with Crippen LogP contribution in [0.5, 0.6) is 0 Å². The molecule has 1 aromatic carbocycles. The standard InChI is InChI=1S/C20H23N3O2S2/c1-11-7-12(2)17(13(3)8-11)14-9-26-19(21-14)22-18(25)15-10-27-20(4)6-5-16(24)23(15)20/h7-9,15H,5-6,10H2,1-4H3,(H,21,22,25)/t15-,20-/m0/s1. The quantitative estimate of drug-likeness (QED) is 0.840. The Labute approximate surface area is 167 Å². The van der Waals surface area contributed by atoms with E-state index < -0.39 is 6.04 Å². The molecular formula is C20H23N3O2S2. The van der Waals surface area contributed by atoms with Crippen LogP contribution in [0.25, 0.3) is 11.3 Å². The molecule has 27 heavy (non-hydrogen) atoms. The van der Waals surface area contributed by atoms with E-state index in [0.717, 1.165) is 17.7 Å². The summed E-state index contributed by atoms with van der Waals surface area (Å²) in [6.07, 6.45) is 1.34. The molecule has 1 aromatic heterocycles. The Morgan fingerprint density at radius 3 is 2.70 bits per heavy atom. The number of carbonyl (C=O) groups is 2. The van der Waals surface area contributed by atoms with Gasteiger partial charge in [0.15, 0.2) is 5.13 Å². The van der Waals surface area contributed by atoms with Crippen LogP contribution < -0.4 is 5.32 Å². The zero-order chi connectivity index (χ0) is 19.3. The summed E-state index contributed by atoms with van der Waals surface area (Å²) >= 11 is 3.13. The number of nitrogens with one attached hydrogen (secondary N) is 1. The third kappa shape index (κ3) is 3.17. The van der Waals surface area contributed by atoms with E-state index in [2.05, 4.69) is 50.1 Å². The minimum atomic E-state index is -0.412. The average molecular weight is 402 g/mol. The number of aryl methyl sites for hydroxylation is 3. The fourth-order valence-corrected chi connectivity index (χ4v) is 6.37. The molecule has 2 atom stereocenters. The number of anilines is 1. The Hall–Kier alpha value is -1.86. The van der Waals surface area contributed by atoms with Crippen molar-refractivity contribution < 1.29 is 9.59 Å². The van der Waals surface area contributed by atoms with E-state index in [1.807, 2.05) is 5.38 Å². The van der Waals surface area contributed by atoms with Gasteiger partial charge in [-0.2, -0.15) is 0 Å². The Morgan fingerprint density at radius 1 is 1.30 bits per heavy atom. The minimum absolute atomic E-state index is 0.0772. The molecule has 3 heterocycles. The van der Waals surface area contributed by atoms with Crippen LogP contribution in [0.15, 0.2) is 17.5 Å². The van der Waals surface area contributed by atoms with Crippen molar-refractivity contribution in [3.63, 3.8) is 0 Å². The molecule has 2 saturated heterocycles. The van der Waals surface area contributed by atoms with Crippen LogP contribution in [0.2, 0.25) is 0 Å². The Kier molecular flexibility index (Phi) is 4.55. The molecule has 0 spiro atoms. The lowest BCUT2D eigenvalue weighted by atomic mass is 9.98. The molecule has 0 bridgehead atoms. The molecule has 2 aromatic rings. The molecule has 0 saturated carbocycles. The third-order valence-corrected chi connectivity index (χ3v) is 7.68. The van der Waals surface area contributed by atoms with Crippen LogP contribution in [0.1, 0.15) is 36.5 Å². The fraction of sp³-hybridized carbons (Fsp3) is 0.450. The van der Waals surface area contributed by atoms with Crippen molar-refractivity contribution in [2.24, 2.45) is 0 Å². The maximum Gasteiger partial charge on any atom is 0.249 e. The number of rotatable bonds is 3. The predicted molar refractivity (Wildman–Crippen MR) is 111 cm³/mol. The summed E-state index contributed by atoms with van der Waals surface area (Å²) in [4.78, 5) is 31.2. The van der Waals surface area contributed by atoms with Crippen LogP contribution in [0.4, 0.5) is 5.13 Å². The molecule has 1 N–H and O–H groups in total. The number of amides is 2. The minimum Gasteiger partial charge on any atom is -0.315 e. The Morgan fingerprint density at radius 2 is 2.00 bits per heavy atom. The van der Waals surface area contributed by atoms with Crippen LogP contribution in [0.3, 0.4) is 0 Å². The third-order valence-electron chi connectivity index (χ3n) is 5.41. The van der Waals surface area contributed by atoms with Crippen molar-refractivity contribution in [2.75, 3.05) is 11.1 Å². The lowest BCUT2D eigenvalue weighted by Gasteiger charge is -2.29. The van der Waals surface area contributed by atoms with Crippen LogP contribution in [0, 0.1) is 20.8 Å². The highest BCUT2D eigenvalue weighted by Crippen LogP contribution is 2.47. The summed E-state index contributed by atoms with van der Waals surface area (Å²) < 4.78 is 0. The van der Waals surface area contributed by atoms with E-state index in [4.69, 9.17) is 0 Å². The number of fused-ring (bicyclic) bond motifs is 1. The maximum atomic E-state index is 12.8. The summed E-state index contributed by atoms with van der Waals surface area (Å²) in [6, 6.07) is 3.88. The van der Waals surface area contributed by atoms with Gasteiger partial charge in [0.25, 0.3) is 0 Å². The predicted octanol–water partition coefficient (Wildman–Crippen LogP) is 4.13. The summed E-state index contributed by atoms with van der Waals surface area (Å²) in [6.45, 7) is 8.31. The van der Waals surface area contributed by atoms with E-state index in [-0.39, 0.29) is 16.7 Å². The van der Waals surface area contributed by atoms with Crippen LogP contribution >= 0.6 is 23.1 Å². The normalized spacial score (nSPS) is 24.4. The van der Waals surface area contributed by atoms with Crippen molar-refractivity contribution in [3.8, 4) is 11.3 Å². The highest BCUT2D eigenvalue weighted by molar-refractivity contribution is 8.01. The summed E-state index contributed by atoms with van der Waals surface area (Å²) in [5.74, 6) is 0.579. The lowest BCUT2D eigenvalue weighted by molar-refractivity contribution is -0.135. The first-order chi connectivity index (χ1) is 12.8. The van der Waals surface area contributed by atoms with Crippen LogP contribution in [-0.4, -0.2) is 38.4 Å². The van der Waals surface area contributed by atoms with Gasteiger partial charge in [-0.25, -0.2) is 4.98 Å². The molecule has 5 nitrogen and oxygen atoms in total. The molecule has 2 aliphatic heterocycles. The number of aromatic nitrogens is 1. The second-order valence-corrected chi connectivity index (χ2v) is 9.93. The summed E-state index contributed by atoms with van der Waals surface area (Å²) in [7, 11) is 0. The Balaban J connectivity index is 1.54. The zero-order valence-corrected chi connectivity index (χ0v) is 17.6. The first-order valence-electron chi connectivity index (χ1n) is 9.09. The van der Waals surface area contributed by atoms with Gasteiger partial charge in [-0.05, 0) is 45.2 Å². The molecule has 2 amide bonds. The second-order valence-electron chi connectivity index (χ2n) is 7.57. The van der Waals surface area contributed by atoms with Gasteiger partial charge in [-0.1, -0.05) is 17.7 Å². The highest BCUT2D eigenvalue weighted by atomic mass is 32.2. The Bertz CT molecular complexity index is 916. The van der Waals surface area contributed by atoms with Gasteiger partial charge >= 0.3 is 0 Å². The average Bonchev–Trinajstić information content (AvgIpc) is 3.23. The van der Waals surface area contributed by atoms with Crippen molar-refractivity contribution in [1.29, 1.82) is 0 Å². The van der Waals surface area contributed by atoms with Crippen LogP contribution in [-0.2, 0) is 9.59 Å². The van der Waals surface area contributed by atoms with Crippen molar-refractivity contribution in [3.05, 3.63) is 34.2 Å². The molecular weight excluding hydrogens is 378 g/mol. The monoisotopic (exact) mass is 401 g/mol. The van der Waals surface area contributed by atoms with E-state index in [1.165, 1.54) is 28.0 Å². The van der Waals surface area contributed by atoms with Gasteiger partial charge in [0, 0.05) is 23.1 Å². The highest BCUT2D eigenvalue weighted by Gasteiger charge is 2.52. The van der Waals surface area contributed by atoms with Gasteiger partial charge in [0.1, 0.15) is 6.04 Å². The van der Waals surface area contributed by atoms with E-state index in [1.54, 1.807) is 16.7 Å². The van der Waals surface area contributed by atoms with E-state index in [0.29, 0.717) is 17.3 Å². The van der Waals surface area contributed by atoms with Gasteiger partial charge in [0.2, 0.25) is 11.8 Å². The zero-order valence-electron chi connectivity index (χ0n) is 16.0. The van der Waals surface area contributed by atoms with Gasteiger partial charge in [0.05, 0.1) is 10.6 Å². The largest absolute Gasteiger partial charge is 0.315 e. The molecule has 2 aliphatic rings. The first kappa shape index (κ1) is 18.5. The van der Waals surface area contributed by atoms with Gasteiger partial charge in [-0.15, -0.1) is 23.1 Å². The molecule has 142 valence electrons. The number of nitrogens with zero attached hydrogens (tertiary/aromatic N) is 2. The summed E-state index contributed by atoms with van der Waals surface area (Å²) in [5, 5.41) is 5.50. The number of carbonyl (C=O) groups excluding carboxylic acids is 2. The molecule has 2 fully saturated rings. The van der Waals surface area contributed by atoms with Crippen molar-refractivity contribution in [2.45, 2.75) is 51.4 Å². The number of hydrogen-bond acceptors (Lipinski definition) is 5. The number of hydrogen-bond donors (Lipinski definition) is 1. The fourth-order valence-electron chi connectivity index (χ4n) is 4.23. The second kappa shape index (κ2) is 6.63. The van der Waals surface area contributed by atoms with E-state index >= 15 is 0 Å². The molecule has 0 aliphatic carbocycles. The molecule has 0 unspecified atom stereocenters. The van der Waals surface area contributed by atoms with Gasteiger partial charge < -0.3 is 10.2 Å². The molecule has 0 radical (unpaired) electrons. The maximum absolute atomic E-state index is 12.8. The van der Waals surface area contributed by atoms with E-state index in [9.17, 15) is 9.59 Å². The van der Waals surface area contributed by atoms with Crippen molar-refractivity contribution >= 4 is 40.0 Å². The SMILES string of the molecule is Cc1cc(C)c(-c2csc(NC(=O)[C@@H]3CS[C@@]4(C)CCC(=O)N34)n2)c(C)c1.